The number of aliphatic carboxylic acids is 1. The van der Waals surface area contributed by atoms with Crippen molar-refractivity contribution in [3.8, 4) is 0 Å². The number of carboxylic acid groups (broad SMARTS) is 1. The Bertz CT molecular complexity index is 740. The highest BCUT2D eigenvalue weighted by molar-refractivity contribution is 5.96. The van der Waals surface area contributed by atoms with Gasteiger partial charge in [0, 0.05) is 18.5 Å². The van der Waals surface area contributed by atoms with Gasteiger partial charge in [0.2, 0.25) is 0 Å². The zero-order chi connectivity index (χ0) is 17.9. The van der Waals surface area contributed by atoms with Crippen molar-refractivity contribution in [3.63, 3.8) is 0 Å². The summed E-state index contributed by atoms with van der Waals surface area (Å²) in [6.07, 6.45) is 1.24. The minimum atomic E-state index is -2.74. The van der Waals surface area contributed by atoms with Crippen LogP contribution in [0.25, 0.3) is 0 Å². The number of ether oxygens (including phenoxy) is 1. The van der Waals surface area contributed by atoms with Gasteiger partial charge in [-0.2, -0.15) is 0 Å². The molecule has 0 radical (unpaired) electrons. The largest absolute Gasteiger partial charge is 0.481 e. The minimum absolute atomic E-state index is 0.156. The first-order chi connectivity index (χ1) is 11.8. The highest BCUT2D eigenvalue weighted by Crippen LogP contribution is 2.56. The van der Waals surface area contributed by atoms with Gasteiger partial charge in [-0.15, -0.1) is 0 Å². The number of carboxylic acids is 1. The Balaban J connectivity index is 1.45. The molecule has 2 aliphatic carbocycles. The monoisotopic (exact) mass is 351 g/mol. The number of nitrogens with one attached hydrogen (secondary N) is 1. The van der Waals surface area contributed by atoms with Crippen LogP contribution in [0.4, 0.5) is 8.78 Å². The van der Waals surface area contributed by atoms with E-state index in [2.05, 4.69) is 5.32 Å². The molecule has 25 heavy (non-hydrogen) atoms. The van der Waals surface area contributed by atoms with E-state index in [9.17, 15) is 23.5 Å². The van der Waals surface area contributed by atoms with Crippen molar-refractivity contribution in [2.45, 2.75) is 43.1 Å². The molecular formula is C18H19F2NO4. The van der Waals surface area contributed by atoms with Crippen LogP contribution >= 0.6 is 0 Å². The van der Waals surface area contributed by atoms with Crippen LogP contribution in [0.2, 0.25) is 0 Å². The maximum atomic E-state index is 13.4. The summed E-state index contributed by atoms with van der Waals surface area (Å²) in [5.74, 6) is -4.92. The molecule has 1 amide bonds. The molecule has 5 nitrogen and oxygen atoms in total. The van der Waals surface area contributed by atoms with E-state index in [1.54, 1.807) is 24.3 Å². The molecule has 1 heterocycles. The van der Waals surface area contributed by atoms with Gasteiger partial charge in [-0.25, -0.2) is 8.78 Å². The molecule has 7 heteroatoms. The van der Waals surface area contributed by atoms with Gasteiger partial charge in [0.25, 0.3) is 11.8 Å². The molecule has 1 aliphatic heterocycles. The van der Waals surface area contributed by atoms with Crippen LogP contribution < -0.4 is 5.32 Å². The van der Waals surface area contributed by atoms with Gasteiger partial charge in [-0.05, 0) is 30.9 Å². The topological polar surface area (TPSA) is 75.6 Å². The third kappa shape index (κ3) is 2.61. The molecule has 2 N–H and O–H groups in total. The fourth-order valence-electron chi connectivity index (χ4n) is 4.14. The molecule has 2 bridgehead atoms. The molecule has 3 atom stereocenters. The summed E-state index contributed by atoms with van der Waals surface area (Å²) in [7, 11) is 0. The number of amides is 1. The predicted molar refractivity (Wildman–Crippen MR) is 83.7 cm³/mol. The summed E-state index contributed by atoms with van der Waals surface area (Å²) in [6, 6.07) is 6.41. The zero-order valence-electron chi connectivity index (χ0n) is 13.6. The lowest BCUT2D eigenvalue weighted by molar-refractivity contribution is -0.150. The Morgan fingerprint density at radius 1 is 1.28 bits per heavy atom. The maximum Gasteiger partial charge on any atom is 0.312 e. The SMILES string of the molecule is O=C(NCC12CCC(C(=O)O)(CO1)C2)c1ccccc1C1CC1(F)F. The third-order valence-corrected chi connectivity index (χ3v) is 5.81. The Morgan fingerprint density at radius 2 is 2.00 bits per heavy atom. The van der Waals surface area contributed by atoms with Crippen LogP contribution in [0.1, 0.15) is 47.5 Å². The van der Waals surface area contributed by atoms with Crippen molar-refractivity contribution >= 4 is 11.9 Å². The first-order valence-electron chi connectivity index (χ1n) is 8.39. The standard InChI is InChI=1S/C18H19F2NO4/c19-18(20)7-13(18)11-3-1-2-4-12(11)14(22)21-9-17-6-5-16(8-17,10-25-17)15(23)24/h1-4,13H,5-10H2,(H,21,22)(H,23,24). The second kappa shape index (κ2) is 5.24. The second-order valence-electron chi connectivity index (χ2n) is 7.52. The number of carbonyl (C=O) groups excluding carboxylic acids is 1. The average Bonchev–Trinajstić information content (AvgIpc) is 2.96. The third-order valence-electron chi connectivity index (χ3n) is 5.81. The van der Waals surface area contributed by atoms with Crippen LogP contribution in [-0.4, -0.2) is 41.7 Å². The second-order valence-corrected chi connectivity index (χ2v) is 7.52. The highest BCUT2D eigenvalue weighted by Gasteiger charge is 2.60. The molecular weight excluding hydrogens is 332 g/mol. The van der Waals surface area contributed by atoms with Crippen LogP contribution in [-0.2, 0) is 9.53 Å². The molecule has 0 spiro atoms. The predicted octanol–water partition coefficient (Wildman–Crippen LogP) is 2.56. The van der Waals surface area contributed by atoms with Crippen molar-refractivity contribution < 1.29 is 28.2 Å². The summed E-state index contributed by atoms with van der Waals surface area (Å²) >= 11 is 0. The summed E-state index contributed by atoms with van der Waals surface area (Å²) in [4.78, 5) is 24.0. The van der Waals surface area contributed by atoms with Crippen molar-refractivity contribution in [1.29, 1.82) is 0 Å². The van der Waals surface area contributed by atoms with Gasteiger partial charge >= 0.3 is 5.97 Å². The number of rotatable bonds is 5. The number of carbonyl (C=O) groups is 2. The first kappa shape index (κ1) is 16.4. The van der Waals surface area contributed by atoms with Gasteiger partial charge in [0.1, 0.15) is 0 Å². The summed E-state index contributed by atoms with van der Waals surface area (Å²) in [5, 5.41) is 12.1. The molecule has 2 saturated carbocycles. The Hall–Kier alpha value is -2.02. The van der Waals surface area contributed by atoms with E-state index in [4.69, 9.17) is 4.74 Å². The minimum Gasteiger partial charge on any atom is -0.481 e. The lowest BCUT2D eigenvalue weighted by Gasteiger charge is -2.27. The molecule has 3 fully saturated rings. The molecule has 3 aliphatic rings. The summed E-state index contributed by atoms with van der Waals surface area (Å²) in [6.45, 7) is 0.347. The van der Waals surface area contributed by atoms with E-state index in [0.29, 0.717) is 24.8 Å². The maximum absolute atomic E-state index is 13.4. The number of hydrogen-bond acceptors (Lipinski definition) is 3. The van der Waals surface area contributed by atoms with E-state index in [0.717, 1.165) is 0 Å². The molecule has 3 unspecified atom stereocenters. The lowest BCUT2D eigenvalue weighted by Crippen LogP contribution is -2.41. The number of hydrogen-bond donors (Lipinski definition) is 2. The normalized spacial score (nSPS) is 34.7. The molecule has 1 saturated heterocycles. The van der Waals surface area contributed by atoms with Crippen LogP contribution in [0.5, 0.6) is 0 Å². The first-order valence-corrected chi connectivity index (χ1v) is 8.39. The van der Waals surface area contributed by atoms with Crippen LogP contribution in [0, 0.1) is 5.41 Å². The number of benzene rings is 1. The van der Waals surface area contributed by atoms with E-state index >= 15 is 0 Å². The van der Waals surface area contributed by atoms with Crippen molar-refractivity contribution in [2.24, 2.45) is 5.41 Å². The van der Waals surface area contributed by atoms with Crippen LogP contribution in [0.3, 0.4) is 0 Å². The van der Waals surface area contributed by atoms with Gasteiger partial charge in [0.05, 0.1) is 23.5 Å². The van der Waals surface area contributed by atoms with E-state index in [1.807, 2.05) is 0 Å². The van der Waals surface area contributed by atoms with E-state index < -0.39 is 34.7 Å². The van der Waals surface area contributed by atoms with Crippen LogP contribution in [0.15, 0.2) is 24.3 Å². The molecule has 0 aromatic heterocycles. The van der Waals surface area contributed by atoms with Crippen molar-refractivity contribution in [2.75, 3.05) is 13.2 Å². The Morgan fingerprint density at radius 3 is 2.56 bits per heavy atom. The highest BCUT2D eigenvalue weighted by atomic mass is 19.3. The molecule has 134 valence electrons. The van der Waals surface area contributed by atoms with Gasteiger partial charge in [-0.1, -0.05) is 18.2 Å². The fourth-order valence-corrected chi connectivity index (χ4v) is 4.14. The molecule has 4 rings (SSSR count). The van der Waals surface area contributed by atoms with Crippen molar-refractivity contribution in [1.82, 2.24) is 5.32 Å². The fraction of sp³-hybridized carbons (Fsp3) is 0.556. The van der Waals surface area contributed by atoms with Gasteiger partial charge < -0.3 is 15.2 Å². The number of fused-ring (bicyclic) bond motifs is 2. The number of alkyl halides is 2. The quantitative estimate of drug-likeness (QED) is 0.855. The molecule has 1 aromatic rings. The Kier molecular flexibility index (Phi) is 3.45. The summed E-state index contributed by atoms with van der Waals surface area (Å²) in [5.41, 5.74) is -0.895. The zero-order valence-corrected chi connectivity index (χ0v) is 13.6. The lowest BCUT2D eigenvalue weighted by atomic mass is 9.88. The Labute approximate surface area is 143 Å². The van der Waals surface area contributed by atoms with E-state index in [1.165, 1.54) is 0 Å². The van der Waals surface area contributed by atoms with Gasteiger partial charge in [0.15, 0.2) is 0 Å². The number of halogens is 2. The summed E-state index contributed by atoms with van der Waals surface area (Å²) < 4.78 is 32.5. The van der Waals surface area contributed by atoms with E-state index in [-0.39, 0.29) is 25.1 Å². The molecule has 1 aromatic carbocycles. The smallest absolute Gasteiger partial charge is 0.312 e. The van der Waals surface area contributed by atoms with Gasteiger partial charge in [-0.3, -0.25) is 9.59 Å². The average molecular weight is 351 g/mol. The van der Waals surface area contributed by atoms with Crippen molar-refractivity contribution in [3.05, 3.63) is 35.4 Å².